The Morgan fingerprint density at radius 2 is 1.18 bits per heavy atom. The quantitative estimate of drug-likeness (QED) is 0.183. The number of fused-ring (bicyclic) bond motifs is 9. The molecule has 0 N–H and O–H groups in total. The standard InChI is InChI=1S/C50H35N/c1-3-14-37(15-4-1)50(38-16-5-2-6-17-38)46-21-11-9-19-41(46)42-27-26-39(32-47(42)50)51-48-22-12-10-20-43(48)45-31-34(25-28-49(45)51)33-23-24-36-29-35-13-7-8-18-40(35)44(36)30-33/h1-28,30-32,45,49H,29H2. The lowest BCUT2D eigenvalue weighted by Crippen LogP contribution is -2.31. The third-order valence-electron chi connectivity index (χ3n) is 11.9. The molecule has 0 radical (unpaired) electrons. The minimum absolute atomic E-state index is 0.186. The summed E-state index contributed by atoms with van der Waals surface area (Å²) in [7, 11) is 0. The maximum Gasteiger partial charge on any atom is 0.0714 e. The number of hydrogen-bond donors (Lipinski definition) is 0. The molecule has 1 heteroatoms. The second kappa shape index (κ2) is 10.9. The van der Waals surface area contributed by atoms with E-state index in [4.69, 9.17) is 0 Å². The molecule has 0 saturated carbocycles. The lowest BCUT2D eigenvalue weighted by molar-refractivity contribution is 0.742. The van der Waals surface area contributed by atoms with Crippen molar-refractivity contribution in [3.8, 4) is 22.3 Å². The Morgan fingerprint density at radius 3 is 2.00 bits per heavy atom. The third-order valence-corrected chi connectivity index (χ3v) is 11.9. The van der Waals surface area contributed by atoms with Gasteiger partial charge in [-0.05, 0) is 103 Å². The number of para-hydroxylation sites is 1. The average Bonchev–Trinajstić information content (AvgIpc) is 3.84. The molecule has 2 atom stereocenters. The summed E-state index contributed by atoms with van der Waals surface area (Å²) in [6.07, 6.45) is 8.36. The van der Waals surface area contributed by atoms with Gasteiger partial charge in [-0.25, -0.2) is 0 Å². The highest BCUT2D eigenvalue weighted by atomic mass is 15.2. The molecule has 3 aliphatic carbocycles. The summed E-state index contributed by atoms with van der Waals surface area (Å²) >= 11 is 0. The summed E-state index contributed by atoms with van der Waals surface area (Å²) in [6.45, 7) is 0. The molecule has 0 spiro atoms. The van der Waals surface area contributed by atoms with E-state index < -0.39 is 5.41 Å². The highest BCUT2D eigenvalue weighted by Gasteiger charge is 2.47. The first-order chi connectivity index (χ1) is 25.3. The van der Waals surface area contributed by atoms with E-state index in [0.29, 0.717) is 0 Å². The van der Waals surface area contributed by atoms with Gasteiger partial charge in [0.1, 0.15) is 0 Å². The van der Waals surface area contributed by atoms with Gasteiger partial charge in [0.2, 0.25) is 0 Å². The molecule has 1 aliphatic heterocycles. The van der Waals surface area contributed by atoms with Gasteiger partial charge < -0.3 is 4.90 Å². The van der Waals surface area contributed by atoms with Crippen LogP contribution < -0.4 is 4.90 Å². The predicted octanol–water partition coefficient (Wildman–Crippen LogP) is 11.9. The van der Waals surface area contributed by atoms with Crippen molar-refractivity contribution < 1.29 is 0 Å². The molecular formula is C50H35N. The summed E-state index contributed by atoms with van der Waals surface area (Å²) in [5, 5.41) is 0. The van der Waals surface area contributed by atoms with Gasteiger partial charge in [0.15, 0.2) is 0 Å². The molecule has 1 nitrogen and oxygen atoms in total. The molecule has 2 unspecified atom stereocenters. The van der Waals surface area contributed by atoms with Crippen LogP contribution in [0.4, 0.5) is 11.4 Å². The Bertz CT molecular complexity index is 2530. The normalized spacial score (nSPS) is 18.3. The van der Waals surface area contributed by atoms with E-state index in [1.165, 1.54) is 83.7 Å². The van der Waals surface area contributed by atoms with Crippen LogP contribution in [0.25, 0.3) is 27.8 Å². The first-order valence-corrected chi connectivity index (χ1v) is 18.1. The van der Waals surface area contributed by atoms with Crippen LogP contribution in [0.3, 0.4) is 0 Å². The largest absolute Gasteiger partial charge is 0.333 e. The van der Waals surface area contributed by atoms with Gasteiger partial charge in [-0.1, -0.05) is 164 Å². The Labute approximate surface area is 299 Å². The first-order valence-electron chi connectivity index (χ1n) is 18.1. The van der Waals surface area contributed by atoms with Crippen molar-refractivity contribution in [2.75, 3.05) is 4.90 Å². The Morgan fingerprint density at radius 1 is 0.510 bits per heavy atom. The van der Waals surface area contributed by atoms with E-state index in [9.17, 15) is 0 Å². The van der Waals surface area contributed by atoms with Crippen LogP contribution >= 0.6 is 0 Å². The topological polar surface area (TPSA) is 3.24 Å². The molecule has 240 valence electrons. The van der Waals surface area contributed by atoms with Crippen LogP contribution in [-0.2, 0) is 11.8 Å². The van der Waals surface area contributed by atoms with Crippen LogP contribution in [0.2, 0.25) is 0 Å². The lowest BCUT2D eigenvalue weighted by Gasteiger charge is -2.35. The van der Waals surface area contributed by atoms with Crippen molar-refractivity contribution >= 4 is 16.9 Å². The molecule has 0 fully saturated rings. The van der Waals surface area contributed by atoms with Gasteiger partial charge in [0.05, 0.1) is 11.5 Å². The predicted molar refractivity (Wildman–Crippen MR) is 211 cm³/mol. The van der Waals surface area contributed by atoms with Crippen LogP contribution in [0.15, 0.2) is 188 Å². The van der Waals surface area contributed by atoms with Crippen molar-refractivity contribution in [2.45, 2.75) is 23.8 Å². The molecule has 11 rings (SSSR count). The van der Waals surface area contributed by atoms with Crippen LogP contribution in [0, 0.1) is 0 Å². The Balaban J connectivity index is 1.05. The summed E-state index contributed by atoms with van der Waals surface area (Å²) in [5.41, 5.74) is 19.6. The van der Waals surface area contributed by atoms with Crippen molar-refractivity contribution in [3.05, 3.63) is 233 Å². The second-order valence-electron chi connectivity index (χ2n) is 14.4. The summed E-state index contributed by atoms with van der Waals surface area (Å²) < 4.78 is 0. The zero-order valence-corrected chi connectivity index (χ0v) is 28.2. The fraction of sp³-hybridized carbons (Fsp3) is 0.0800. The molecule has 0 bridgehead atoms. The maximum absolute atomic E-state index is 2.59. The Kier molecular flexibility index (Phi) is 6.13. The molecule has 51 heavy (non-hydrogen) atoms. The number of benzene rings is 7. The van der Waals surface area contributed by atoms with Gasteiger partial charge in [0, 0.05) is 17.3 Å². The van der Waals surface area contributed by atoms with Crippen molar-refractivity contribution in [3.63, 3.8) is 0 Å². The van der Waals surface area contributed by atoms with Crippen molar-refractivity contribution in [1.82, 2.24) is 0 Å². The van der Waals surface area contributed by atoms with Crippen LogP contribution in [-0.4, -0.2) is 6.04 Å². The highest BCUT2D eigenvalue weighted by molar-refractivity contribution is 5.90. The summed E-state index contributed by atoms with van der Waals surface area (Å²) in [6, 6.07) is 63.6. The SMILES string of the molecule is C1=CC2C(C=C1c1ccc3c(c1)-c1ccccc1C3)c1ccccc1N2c1ccc2c(c1)C(c1ccccc1)(c1ccccc1)c1ccccc1-2. The fourth-order valence-corrected chi connectivity index (χ4v) is 9.73. The van der Waals surface area contributed by atoms with E-state index >= 15 is 0 Å². The second-order valence-corrected chi connectivity index (χ2v) is 14.4. The number of nitrogens with zero attached hydrogens (tertiary/aromatic N) is 1. The maximum atomic E-state index is 2.59. The minimum atomic E-state index is -0.426. The molecule has 7 aromatic carbocycles. The van der Waals surface area contributed by atoms with Gasteiger partial charge in [-0.15, -0.1) is 0 Å². The van der Waals surface area contributed by atoms with E-state index in [1.54, 1.807) is 0 Å². The fourth-order valence-electron chi connectivity index (χ4n) is 9.73. The van der Waals surface area contributed by atoms with Crippen LogP contribution in [0.1, 0.15) is 50.4 Å². The van der Waals surface area contributed by atoms with Gasteiger partial charge in [0.25, 0.3) is 0 Å². The molecule has 7 aromatic rings. The van der Waals surface area contributed by atoms with E-state index in [-0.39, 0.29) is 12.0 Å². The summed E-state index contributed by atoms with van der Waals surface area (Å²) in [5.74, 6) is 0.250. The third kappa shape index (κ3) is 4.03. The van der Waals surface area contributed by atoms with E-state index in [1.807, 2.05) is 0 Å². The smallest absolute Gasteiger partial charge is 0.0714 e. The zero-order chi connectivity index (χ0) is 33.5. The van der Waals surface area contributed by atoms with Gasteiger partial charge in [-0.2, -0.15) is 0 Å². The molecular weight excluding hydrogens is 615 g/mol. The zero-order valence-electron chi connectivity index (χ0n) is 28.2. The first kappa shape index (κ1) is 28.6. The van der Waals surface area contributed by atoms with E-state index in [2.05, 4.69) is 193 Å². The average molecular weight is 650 g/mol. The van der Waals surface area contributed by atoms with Crippen molar-refractivity contribution in [2.24, 2.45) is 0 Å². The monoisotopic (exact) mass is 649 g/mol. The number of anilines is 2. The number of allylic oxidation sites excluding steroid dienone is 2. The molecule has 0 amide bonds. The number of hydrogen-bond acceptors (Lipinski definition) is 1. The van der Waals surface area contributed by atoms with E-state index in [0.717, 1.165) is 6.42 Å². The van der Waals surface area contributed by atoms with Gasteiger partial charge in [-0.3, -0.25) is 0 Å². The highest BCUT2D eigenvalue weighted by Crippen LogP contribution is 2.58. The Hall–Kier alpha value is -6.18. The van der Waals surface area contributed by atoms with Crippen molar-refractivity contribution in [1.29, 1.82) is 0 Å². The van der Waals surface area contributed by atoms with Crippen LogP contribution in [0.5, 0.6) is 0 Å². The molecule has 0 saturated heterocycles. The summed E-state index contributed by atoms with van der Waals surface area (Å²) in [4.78, 5) is 2.59. The number of rotatable bonds is 4. The molecule has 4 aliphatic rings. The molecule has 0 aromatic heterocycles. The van der Waals surface area contributed by atoms with Gasteiger partial charge >= 0.3 is 0 Å². The minimum Gasteiger partial charge on any atom is -0.333 e. The lowest BCUT2D eigenvalue weighted by atomic mass is 9.67. The molecule has 1 heterocycles.